The van der Waals surface area contributed by atoms with E-state index in [2.05, 4.69) is 10.6 Å². The molecule has 1 aromatic rings. The monoisotopic (exact) mass is 333 g/mol. The molecule has 0 aromatic heterocycles. The Labute approximate surface area is 141 Å². The SMILES string of the molecule is CCN(CC(=O)Nc1cccc(OC)c1)C(=O)CNC(=O)C1CC1. The Kier molecular flexibility index (Phi) is 6.17. The lowest BCUT2D eigenvalue weighted by atomic mass is 10.3. The van der Waals surface area contributed by atoms with Crippen LogP contribution >= 0.6 is 0 Å². The van der Waals surface area contributed by atoms with Crippen LogP contribution in [0.15, 0.2) is 24.3 Å². The van der Waals surface area contributed by atoms with Gasteiger partial charge in [-0.05, 0) is 31.9 Å². The molecule has 0 radical (unpaired) electrons. The molecule has 1 saturated carbocycles. The Morgan fingerprint density at radius 3 is 2.67 bits per heavy atom. The molecule has 7 heteroatoms. The molecular formula is C17H23N3O4. The van der Waals surface area contributed by atoms with E-state index in [-0.39, 0.29) is 36.7 Å². The Morgan fingerprint density at radius 1 is 1.29 bits per heavy atom. The van der Waals surface area contributed by atoms with Crippen molar-refractivity contribution >= 4 is 23.4 Å². The van der Waals surface area contributed by atoms with E-state index >= 15 is 0 Å². The van der Waals surface area contributed by atoms with Gasteiger partial charge in [0.2, 0.25) is 17.7 Å². The molecule has 0 saturated heterocycles. The van der Waals surface area contributed by atoms with E-state index < -0.39 is 0 Å². The molecule has 3 amide bonds. The largest absolute Gasteiger partial charge is 0.497 e. The molecule has 0 bridgehead atoms. The highest BCUT2D eigenvalue weighted by atomic mass is 16.5. The zero-order chi connectivity index (χ0) is 17.5. The van der Waals surface area contributed by atoms with Gasteiger partial charge in [-0.3, -0.25) is 14.4 Å². The molecule has 24 heavy (non-hydrogen) atoms. The van der Waals surface area contributed by atoms with E-state index in [1.54, 1.807) is 38.3 Å². The van der Waals surface area contributed by atoms with Gasteiger partial charge in [0.05, 0.1) is 20.2 Å². The standard InChI is InChI=1S/C17H23N3O4/c1-3-20(16(22)10-18-17(23)12-7-8-12)11-15(21)19-13-5-4-6-14(9-13)24-2/h4-6,9,12H,3,7-8,10-11H2,1-2H3,(H,18,23)(H,19,21). The lowest BCUT2D eigenvalue weighted by Gasteiger charge is -2.20. The van der Waals surface area contributed by atoms with Gasteiger partial charge in [-0.2, -0.15) is 0 Å². The minimum absolute atomic E-state index is 0.0595. The maximum absolute atomic E-state index is 12.1. The van der Waals surface area contributed by atoms with Crippen molar-refractivity contribution in [2.75, 3.05) is 32.1 Å². The summed E-state index contributed by atoms with van der Waals surface area (Å²) in [6.45, 7) is 2.05. The number of nitrogens with one attached hydrogen (secondary N) is 2. The van der Waals surface area contributed by atoms with Crippen LogP contribution in [0, 0.1) is 5.92 Å². The van der Waals surface area contributed by atoms with Gasteiger partial charge < -0.3 is 20.3 Å². The molecular weight excluding hydrogens is 310 g/mol. The molecule has 2 rings (SSSR count). The molecule has 0 spiro atoms. The number of rotatable bonds is 8. The quantitative estimate of drug-likeness (QED) is 0.743. The summed E-state index contributed by atoms with van der Waals surface area (Å²) in [5.41, 5.74) is 0.602. The van der Waals surface area contributed by atoms with Crippen molar-refractivity contribution < 1.29 is 19.1 Å². The van der Waals surface area contributed by atoms with Gasteiger partial charge in [0.15, 0.2) is 0 Å². The second-order valence-electron chi connectivity index (χ2n) is 5.68. The molecule has 1 aromatic carbocycles. The van der Waals surface area contributed by atoms with Gasteiger partial charge in [0.25, 0.3) is 0 Å². The van der Waals surface area contributed by atoms with E-state index in [4.69, 9.17) is 4.74 Å². The van der Waals surface area contributed by atoms with Gasteiger partial charge in [0.1, 0.15) is 5.75 Å². The van der Waals surface area contributed by atoms with Crippen molar-refractivity contribution in [2.24, 2.45) is 5.92 Å². The predicted octanol–water partition coefficient (Wildman–Crippen LogP) is 1.01. The number of carbonyl (C=O) groups is 3. The van der Waals surface area contributed by atoms with Crippen molar-refractivity contribution in [1.82, 2.24) is 10.2 Å². The van der Waals surface area contributed by atoms with Gasteiger partial charge in [0, 0.05) is 24.2 Å². The second kappa shape index (κ2) is 8.33. The lowest BCUT2D eigenvalue weighted by molar-refractivity contribution is -0.135. The summed E-state index contributed by atoms with van der Waals surface area (Å²) in [6, 6.07) is 6.99. The summed E-state index contributed by atoms with van der Waals surface area (Å²) in [4.78, 5) is 37.2. The van der Waals surface area contributed by atoms with Crippen LogP contribution in [0.5, 0.6) is 5.75 Å². The number of benzene rings is 1. The van der Waals surface area contributed by atoms with Crippen molar-refractivity contribution in [3.8, 4) is 5.75 Å². The molecule has 0 aliphatic heterocycles. The third-order valence-electron chi connectivity index (χ3n) is 3.78. The van der Waals surface area contributed by atoms with E-state index in [0.717, 1.165) is 12.8 Å². The molecule has 0 atom stereocenters. The van der Waals surface area contributed by atoms with E-state index in [1.807, 2.05) is 0 Å². The Bertz CT molecular complexity index is 614. The lowest BCUT2D eigenvalue weighted by Crippen LogP contribution is -2.43. The van der Waals surface area contributed by atoms with Crippen LogP contribution in [0.3, 0.4) is 0 Å². The van der Waals surface area contributed by atoms with E-state index in [9.17, 15) is 14.4 Å². The molecule has 1 aliphatic rings. The molecule has 2 N–H and O–H groups in total. The minimum atomic E-state index is -0.299. The first-order valence-electron chi connectivity index (χ1n) is 8.03. The van der Waals surface area contributed by atoms with Crippen molar-refractivity contribution in [3.05, 3.63) is 24.3 Å². The minimum Gasteiger partial charge on any atom is -0.497 e. The smallest absolute Gasteiger partial charge is 0.243 e. The van der Waals surface area contributed by atoms with Crippen LogP contribution in [0.2, 0.25) is 0 Å². The molecule has 0 unspecified atom stereocenters. The summed E-state index contributed by atoms with van der Waals surface area (Å²) in [6.07, 6.45) is 1.78. The fraction of sp³-hybridized carbons (Fsp3) is 0.471. The van der Waals surface area contributed by atoms with Crippen LogP contribution in [-0.2, 0) is 14.4 Å². The van der Waals surface area contributed by atoms with Crippen LogP contribution in [0.1, 0.15) is 19.8 Å². The average Bonchev–Trinajstić information content (AvgIpc) is 3.42. The van der Waals surface area contributed by atoms with Crippen LogP contribution in [-0.4, -0.2) is 49.4 Å². The molecule has 130 valence electrons. The van der Waals surface area contributed by atoms with Gasteiger partial charge in [-0.25, -0.2) is 0 Å². The summed E-state index contributed by atoms with van der Waals surface area (Å²) >= 11 is 0. The highest BCUT2D eigenvalue weighted by Gasteiger charge is 2.30. The average molecular weight is 333 g/mol. The number of carbonyl (C=O) groups excluding carboxylic acids is 3. The van der Waals surface area contributed by atoms with Crippen LogP contribution in [0.4, 0.5) is 5.69 Å². The molecule has 1 aliphatic carbocycles. The highest BCUT2D eigenvalue weighted by molar-refractivity contribution is 5.95. The van der Waals surface area contributed by atoms with Crippen molar-refractivity contribution in [3.63, 3.8) is 0 Å². The summed E-state index contributed by atoms with van der Waals surface area (Å²) in [7, 11) is 1.55. The number of amides is 3. The summed E-state index contributed by atoms with van der Waals surface area (Å²) < 4.78 is 5.10. The first-order chi connectivity index (χ1) is 11.5. The maximum atomic E-state index is 12.1. The van der Waals surface area contributed by atoms with Gasteiger partial charge in [-0.1, -0.05) is 6.07 Å². The third-order valence-corrected chi connectivity index (χ3v) is 3.78. The number of ether oxygens (including phenoxy) is 1. The van der Waals surface area contributed by atoms with Crippen LogP contribution < -0.4 is 15.4 Å². The number of methoxy groups -OCH3 is 1. The Morgan fingerprint density at radius 2 is 2.04 bits per heavy atom. The molecule has 1 fully saturated rings. The fourth-order valence-electron chi connectivity index (χ4n) is 2.22. The topological polar surface area (TPSA) is 87.7 Å². The van der Waals surface area contributed by atoms with Crippen molar-refractivity contribution in [1.29, 1.82) is 0 Å². The van der Waals surface area contributed by atoms with Gasteiger partial charge >= 0.3 is 0 Å². The zero-order valence-corrected chi connectivity index (χ0v) is 14.0. The summed E-state index contributed by atoms with van der Waals surface area (Å²) in [5, 5.41) is 5.35. The first-order valence-corrected chi connectivity index (χ1v) is 8.03. The molecule has 0 heterocycles. The maximum Gasteiger partial charge on any atom is 0.243 e. The third kappa shape index (κ3) is 5.26. The Hall–Kier alpha value is -2.57. The second-order valence-corrected chi connectivity index (χ2v) is 5.68. The number of hydrogen-bond acceptors (Lipinski definition) is 4. The van der Waals surface area contributed by atoms with Crippen LogP contribution in [0.25, 0.3) is 0 Å². The fourth-order valence-corrected chi connectivity index (χ4v) is 2.22. The molecule has 7 nitrogen and oxygen atoms in total. The number of anilines is 1. The predicted molar refractivity (Wildman–Crippen MR) is 89.6 cm³/mol. The van der Waals surface area contributed by atoms with Gasteiger partial charge in [-0.15, -0.1) is 0 Å². The summed E-state index contributed by atoms with van der Waals surface area (Å²) in [5.74, 6) is 0.0442. The highest BCUT2D eigenvalue weighted by Crippen LogP contribution is 2.28. The normalized spacial score (nSPS) is 13.1. The number of hydrogen-bond donors (Lipinski definition) is 2. The number of likely N-dealkylation sites (N-methyl/N-ethyl adjacent to an activating group) is 1. The zero-order valence-electron chi connectivity index (χ0n) is 14.0. The first kappa shape index (κ1) is 17.8. The van der Waals surface area contributed by atoms with E-state index in [1.165, 1.54) is 4.90 Å². The Balaban J connectivity index is 1.82. The van der Waals surface area contributed by atoms with Crippen molar-refractivity contribution in [2.45, 2.75) is 19.8 Å². The number of nitrogens with zero attached hydrogens (tertiary/aromatic N) is 1. The van der Waals surface area contributed by atoms with E-state index in [0.29, 0.717) is 18.0 Å².